The number of nitrogens with two attached hydrogens (primary N) is 2. The Balaban J connectivity index is 1.73. The average Bonchev–Trinajstić information content (AvgIpc) is 2.75. The minimum Gasteiger partial charge on any atom is -0.368 e. The number of aryl methyl sites for hydroxylation is 1. The Morgan fingerprint density at radius 2 is 1.92 bits per heavy atom. The molecule has 2 atom stereocenters. The zero-order chi connectivity index (χ0) is 16.5. The fourth-order valence-electron chi connectivity index (χ4n) is 4.06. The highest BCUT2D eigenvalue weighted by molar-refractivity contribution is 5.73. The predicted octanol–water partition coefficient (Wildman–Crippen LogP) is 2.90. The van der Waals surface area contributed by atoms with Crippen molar-refractivity contribution in [2.24, 2.45) is 5.73 Å². The summed E-state index contributed by atoms with van der Waals surface area (Å²) in [5.41, 5.74) is 16.9. The maximum atomic E-state index is 6.14. The van der Waals surface area contributed by atoms with Crippen molar-refractivity contribution < 1.29 is 0 Å². The largest absolute Gasteiger partial charge is 0.368 e. The number of aromatic nitrogens is 2. The molecule has 0 saturated heterocycles. The summed E-state index contributed by atoms with van der Waals surface area (Å²) in [6, 6.07) is 9.17. The molecule has 2 aliphatic rings. The first kappa shape index (κ1) is 15.4. The first-order valence-corrected chi connectivity index (χ1v) is 8.97. The van der Waals surface area contributed by atoms with Crippen LogP contribution >= 0.6 is 0 Å². The van der Waals surface area contributed by atoms with E-state index >= 15 is 0 Å². The van der Waals surface area contributed by atoms with Gasteiger partial charge in [-0.2, -0.15) is 4.98 Å². The van der Waals surface area contributed by atoms with Crippen molar-refractivity contribution in [2.75, 3.05) is 11.1 Å². The van der Waals surface area contributed by atoms with Crippen LogP contribution in [0.2, 0.25) is 0 Å². The molecule has 1 fully saturated rings. The third kappa shape index (κ3) is 2.96. The maximum absolute atomic E-state index is 6.14. The molecule has 24 heavy (non-hydrogen) atoms. The lowest BCUT2D eigenvalue weighted by atomic mass is 9.91. The van der Waals surface area contributed by atoms with Gasteiger partial charge in [-0.3, -0.25) is 0 Å². The number of fused-ring (bicyclic) bond motifs is 3. The minimum atomic E-state index is 0.287. The Labute approximate surface area is 142 Å². The van der Waals surface area contributed by atoms with E-state index in [1.807, 2.05) is 0 Å². The van der Waals surface area contributed by atoms with Crippen molar-refractivity contribution in [3.05, 3.63) is 35.4 Å². The summed E-state index contributed by atoms with van der Waals surface area (Å²) < 4.78 is 0. The summed E-state index contributed by atoms with van der Waals surface area (Å²) >= 11 is 0. The summed E-state index contributed by atoms with van der Waals surface area (Å²) in [6.07, 6.45) is 7.58. The molecule has 4 rings (SSSR count). The van der Waals surface area contributed by atoms with Gasteiger partial charge >= 0.3 is 0 Å². The van der Waals surface area contributed by atoms with Gasteiger partial charge in [0.15, 0.2) is 0 Å². The van der Waals surface area contributed by atoms with Crippen LogP contribution in [0.3, 0.4) is 0 Å². The third-order valence-corrected chi connectivity index (χ3v) is 5.23. The number of hydrogen-bond donors (Lipinski definition) is 3. The van der Waals surface area contributed by atoms with Gasteiger partial charge in [-0.25, -0.2) is 4.98 Å². The number of nitrogens with one attached hydrogen (secondary N) is 1. The van der Waals surface area contributed by atoms with Gasteiger partial charge in [0.2, 0.25) is 5.95 Å². The van der Waals surface area contributed by atoms with Crippen LogP contribution in [-0.4, -0.2) is 22.1 Å². The molecule has 1 aromatic heterocycles. The average molecular weight is 323 g/mol. The Kier molecular flexibility index (Phi) is 4.10. The van der Waals surface area contributed by atoms with E-state index in [-0.39, 0.29) is 6.04 Å². The van der Waals surface area contributed by atoms with Crippen LogP contribution in [0.5, 0.6) is 0 Å². The van der Waals surface area contributed by atoms with Crippen LogP contribution < -0.4 is 16.8 Å². The highest BCUT2D eigenvalue weighted by atomic mass is 15.1. The maximum Gasteiger partial charge on any atom is 0.222 e. The van der Waals surface area contributed by atoms with Gasteiger partial charge in [-0.05, 0) is 50.5 Å². The Bertz CT molecular complexity index is 743. The van der Waals surface area contributed by atoms with E-state index in [1.165, 1.54) is 23.1 Å². The van der Waals surface area contributed by atoms with Crippen molar-refractivity contribution in [1.82, 2.24) is 9.97 Å². The van der Waals surface area contributed by atoms with Gasteiger partial charge in [0.25, 0.3) is 0 Å². The lowest BCUT2D eigenvalue weighted by molar-refractivity contribution is 0.408. The SMILES string of the molecule is Nc1nc(NC2CCCC(N)C2)c2c(n1)-c1ccccc1CCC2. The van der Waals surface area contributed by atoms with Crippen LogP contribution in [-0.2, 0) is 12.8 Å². The molecule has 1 aromatic carbocycles. The van der Waals surface area contributed by atoms with Gasteiger partial charge in [-0.1, -0.05) is 24.3 Å². The molecule has 0 radical (unpaired) electrons. The topological polar surface area (TPSA) is 89.8 Å². The van der Waals surface area contributed by atoms with Crippen molar-refractivity contribution >= 4 is 11.8 Å². The number of nitrogens with zero attached hydrogens (tertiary/aromatic N) is 2. The molecular formula is C19H25N5. The van der Waals surface area contributed by atoms with Gasteiger partial charge in [0.05, 0.1) is 5.69 Å². The quantitative estimate of drug-likeness (QED) is 0.790. The number of hydrogen-bond acceptors (Lipinski definition) is 5. The normalized spacial score (nSPS) is 23.0. The monoisotopic (exact) mass is 323 g/mol. The number of anilines is 2. The second-order valence-corrected chi connectivity index (χ2v) is 7.04. The van der Waals surface area contributed by atoms with Gasteiger partial charge in [0, 0.05) is 23.2 Å². The Morgan fingerprint density at radius 1 is 1.04 bits per heavy atom. The molecule has 2 aliphatic carbocycles. The molecule has 2 aromatic rings. The highest BCUT2D eigenvalue weighted by Crippen LogP contribution is 2.35. The molecule has 1 heterocycles. The minimum absolute atomic E-state index is 0.287. The molecule has 5 nitrogen and oxygen atoms in total. The van der Waals surface area contributed by atoms with Crippen LogP contribution in [0.1, 0.15) is 43.2 Å². The lowest BCUT2D eigenvalue weighted by Gasteiger charge is -2.28. The van der Waals surface area contributed by atoms with Crippen LogP contribution in [0.25, 0.3) is 11.3 Å². The van der Waals surface area contributed by atoms with Gasteiger partial charge in [0.1, 0.15) is 5.82 Å². The molecular weight excluding hydrogens is 298 g/mol. The smallest absolute Gasteiger partial charge is 0.222 e. The van der Waals surface area contributed by atoms with E-state index in [4.69, 9.17) is 11.5 Å². The molecule has 2 unspecified atom stereocenters. The number of rotatable bonds is 2. The van der Waals surface area contributed by atoms with E-state index in [0.717, 1.165) is 50.0 Å². The molecule has 5 N–H and O–H groups in total. The second kappa shape index (κ2) is 6.40. The van der Waals surface area contributed by atoms with Gasteiger partial charge in [-0.15, -0.1) is 0 Å². The molecule has 0 spiro atoms. The highest BCUT2D eigenvalue weighted by Gasteiger charge is 2.24. The van der Waals surface area contributed by atoms with Crippen LogP contribution in [0.15, 0.2) is 24.3 Å². The zero-order valence-corrected chi connectivity index (χ0v) is 14.0. The molecule has 126 valence electrons. The third-order valence-electron chi connectivity index (χ3n) is 5.23. The van der Waals surface area contributed by atoms with Crippen molar-refractivity contribution in [3.63, 3.8) is 0 Å². The van der Waals surface area contributed by atoms with Crippen molar-refractivity contribution in [3.8, 4) is 11.3 Å². The molecule has 0 bridgehead atoms. The van der Waals surface area contributed by atoms with E-state index in [2.05, 4.69) is 39.6 Å². The fourth-order valence-corrected chi connectivity index (χ4v) is 4.06. The zero-order valence-electron chi connectivity index (χ0n) is 14.0. The summed E-state index contributed by atoms with van der Waals surface area (Å²) in [7, 11) is 0. The van der Waals surface area contributed by atoms with Crippen molar-refractivity contribution in [1.29, 1.82) is 0 Å². The molecule has 5 heteroatoms. The van der Waals surface area contributed by atoms with Crippen LogP contribution in [0.4, 0.5) is 11.8 Å². The summed E-state index contributed by atoms with van der Waals surface area (Å²) in [4.78, 5) is 9.12. The first-order chi connectivity index (χ1) is 11.7. The Morgan fingerprint density at radius 3 is 2.79 bits per heavy atom. The van der Waals surface area contributed by atoms with E-state index in [0.29, 0.717) is 12.0 Å². The summed E-state index contributed by atoms with van der Waals surface area (Å²) in [5, 5.41) is 3.63. The fraction of sp³-hybridized carbons (Fsp3) is 0.474. The second-order valence-electron chi connectivity index (χ2n) is 7.04. The first-order valence-electron chi connectivity index (χ1n) is 8.97. The van der Waals surface area contributed by atoms with E-state index < -0.39 is 0 Å². The van der Waals surface area contributed by atoms with E-state index in [1.54, 1.807) is 0 Å². The van der Waals surface area contributed by atoms with E-state index in [9.17, 15) is 0 Å². The lowest BCUT2D eigenvalue weighted by Crippen LogP contribution is -2.35. The van der Waals surface area contributed by atoms with Crippen LogP contribution in [0, 0.1) is 0 Å². The molecule has 0 aliphatic heterocycles. The van der Waals surface area contributed by atoms with Gasteiger partial charge < -0.3 is 16.8 Å². The summed E-state index contributed by atoms with van der Waals surface area (Å²) in [6.45, 7) is 0. The molecule has 0 amide bonds. The summed E-state index contributed by atoms with van der Waals surface area (Å²) in [5.74, 6) is 1.25. The molecule has 1 saturated carbocycles. The number of benzene rings is 1. The predicted molar refractivity (Wildman–Crippen MR) is 97.8 cm³/mol. The standard InChI is InChI=1S/C19H25N5/c20-13-7-4-8-14(11-13)22-18-16-10-3-6-12-5-1-2-9-15(12)17(16)23-19(21)24-18/h1-2,5,9,13-14H,3-4,6-8,10-11,20H2,(H3,21,22,23,24). The van der Waals surface area contributed by atoms with Crippen molar-refractivity contribution in [2.45, 2.75) is 57.0 Å². The Hall–Kier alpha value is -2.14. The number of nitrogen functional groups attached to an aromatic ring is 1.